The predicted octanol–water partition coefficient (Wildman–Crippen LogP) is 3.27. The van der Waals surface area contributed by atoms with Crippen LogP contribution < -0.4 is 0 Å². The summed E-state index contributed by atoms with van der Waals surface area (Å²) in [5, 5.41) is 1.07. The second-order valence-electron chi connectivity index (χ2n) is 4.56. The van der Waals surface area contributed by atoms with E-state index in [0.29, 0.717) is 6.42 Å². The molecule has 1 aromatic carbocycles. The molecule has 0 aliphatic heterocycles. The highest BCUT2D eigenvalue weighted by Gasteiger charge is 2.23. The summed E-state index contributed by atoms with van der Waals surface area (Å²) in [6.07, 6.45) is -1.02. The minimum Gasteiger partial charge on any atom is -0.274 e. The molecular formula is C16H16F2N2O2. The number of halogens is 2. The highest BCUT2D eigenvalue weighted by molar-refractivity contribution is 5.94. The van der Waals surface area contributed by atoms with Gasteiger partial charge in [-0.3, -0.25) is 14.6 Å². The van der Waals surface area contributed by atoms with Crippen LogP contribution >= 0.6 is 0 Å². The number of alkyl halides is 2. The number of benzene rings is 1. The smallest absolute Gasteiger partial charge is 0.274 e. The first-order valence-corrected chi connectivity index (χ1v) is 6.76. The molecular weight excluding hydrogens is 290 g/mol. The lowest BCUT2D eigenvalue weighted by atomic mass is 10.1. The molecule has 4 nitrogen and oxygen atoms in total. The van der Waals surface area contributed by atoms with Gasteiger partial charge in [-0.05, 0) is 24.1 Å². The summed E-state index contributed by atoms with van der Waals surface area (Å²) in [4.78, 5) is 21.0. The number of nitrogens with zero attached hydrogens (tertiary/aromatic N) is 2. The zero-order valence-corrected chi connectivity index (χ0v) is 12.1. The van der Waals surface area contributed by atoms with Crippen molar-refractivity contribution < 1.29 is 18.4 Å². The van der Waals surface area contributed by atoms with E-state index < -0.39 is 18.0 Å². The van der Waals surface area contributed by atoms with Crippen LogP contribution in [-0.4, -0.2) is 29.6 Å². The summed E-state index contributed by atoms with van der Waals surface area (Å²) < 4.78 is 25.9. The molecule has 1 amide bonds. The van der Waals surface area contributed by atoms with Gasteiger partial charge in [-0.25, -0.2) is 13.8 Å². The summed E-state index contributed by atoms with van der Waals surface area (Å²) in [6.45, 7) is 0.261. The molecule has 0 radical (unpaired) electrons. The number of carbonyl (C=O) groups is 1. The summed E-state index contributed by atoms with van der Waals surface area (Å²) in [5.41, 5.74) is 0.347. The van der Waals surface area contributed by atoms with Crippen molar-refractivity contribution in [3.8, 4) is 0 Å². The van der Waals surface area contributed by atoms with Gasteiger partial charge in [0.1, 0.15) is 5.69 Å². The Bertz CT molecular complexity index is 621. The number of hydrogen-bond acceptors (Lipinski definition) is 3. The molecule has 0 aliphatic carbocycles. The van der Waals surface area contributed by atoms with E-state index in [2.05, 4.69) is 4.98 Å². The van der Waals surface area contributed by atoms with Gasteiger partial charge in [-0.2, -0.15) is 0 Å². The van der Waals surface area contributed by atoms with Crippen molar-refractivity contribution in [2.45, 2.75) is 12.8 Å². The zero-order chi connectivity index (χ0) is 15.9. The van der Waals surface area contributed by atoms with Crippen LogP contribution in [0.4, 0.5) is 8.78 Å². The van der Waals surface area contributed by atoms with Crippen LogP contribution in [0.25, 0.3) is 0 Å². The van der Waals surface area contributed by atoms with E-state index in [1.54, 1.807) is 0 Å². The van der Waals surface area contributed by atoms with Gasteiger partial charge < -0.3 is 0 Å². The molecule has 22 heavy (non-hydrogen) atoms. The maximum absolute atomic E-state index is 12.9. The van der Waals surface area contributed by atoms with Gasteiger partial charge in [-0.1, -0.05) is 30.3 Å². The summed E-state index contributed by atoms with van der Waals surface area (Å²) in [7, 11) is 1.33. The predicted molar refractivity (Wildman–Crippen MR) is 77.4 cm³/mol. The van der Waals surface area contributed by atoms with E-state index in [1.807, 2.05) is 30.3 Å². The van der Waals surface area contributed by atoms with Crippen molar-refractivity contribution in [3.05, 3.63) is 65.5 Å². The van der Waals surface area contributed by atoms with Gasteiger partial charge in [0.05, 0.1) is 19.2 Å². The SMILES string of the molecule is CON(CCc1ccccc1)C(=O)c1cccnc1C(F)F. The third-order valence-electron chi connectivity index (χ3n) is 3.17. The van der Waals surface area contributed by atoms with Crippen LogP contribution in [0.5, 0.6) is 0 Å². The molecule has 0 atom stereocenters. The van der Waals surface area contributed by atoms with Gasteiger partial charge in [-0.15, -0.1) is 0 Å². The van der Waals surface area contributed by atoms with Crippen molar-refractivity contribution >= 4 is 5.91 Å². The van der Waals surface area contributed by atoms with Gasteiger partial charge in [0, 0.05) is 6.20 Å². The molecule has 116 valence electrons. The minimum atomic E-state index is -2.81. The van der Waals surface area contributed by atoms with Crippen LogP contribution in [-0.2, 0) is 11.3 Å². The number of carbonyl (C=O) groups excluding carboxylic acids is 1. The molecule has 0 saturated carbocycles. The number of aromatic nitrogens is 1. The van der Waals surface area contributed by atoms with Crippen LogP contribution in [0.3, 0.4) is 0 Å². The Hall–Kier alpha value is -2.34. The minimum absolute atomic E-state index is 0.146. The van der Waals surface area contributed by atoms with Gasteiger partial charge in [0.2, 0.25) is 0 Å². The monoisotopic (exact) mass is 306 g/mol. The quantitative estimate of drug-likeness (QED) is 0.769. The molecule has 6 heteroatoms. The van der Waals surface area contributed by atoms with Crippen molar-refractivity contribution in [3.63, 3.8) is 0 Å². The average Bonchev–Trinajstić information content (AvgIpc) is 2.56. The topological polar surface area (TPSA) is 42.4 Å². The van der Waals surface area contributed by atoms with Crippen molar-refractivity contribution in [2.24, 2.45) is 0 Å². The molecule has 0 saturated heterocycles. The third kappa shape index (κ3) is 3.85. The maximum atomic E-state index is 12.9. The first kappa shape index (κ1) is 16.0. The Morgan fingerprint density at radius 2 is 1.95 bits per heavy atom. The molecule has 2 aromatic rings. The summed E-state index contributed by atoms with van der Waals surface area (Å²) >= 11 is 0. The lowest BCUT2D eigenvalue weighted by Gasteiger charge is -2.20. The molecule has 2 rings (SSSR count). The molecule has 0 aliphatic rings. The molecule has 0 unspecified atom stereocenters. The molecule has 1 heterocycles. The Morgan fingerprint density at radius 1 is 1.23 bits per heavy atom. The van der Waals surface area contributed by atoms with E-state index in [9.17, 15) is 13.6 Å². The van der Waals surface area contributed by atoms with Gasteiger partial charge in [0.15, 0.2) is 0 Å². The fourth-order valence-corrected chi connectivity index (χ4v) is 2.06. The first-order valence-electron chi connectivity index (χ1n) is 6.76. The van der Waals surface area contributed by atoms with E-state index in [0.717, 1.165) is 10.6 Å². The largest absolute Gasteiger partial charge is 0.281 e. The molecule has 0 spiro atoms. The molecule has 0 bridgehead atoms. The van der Waals surface area contributed by atoms with Crippen LogP contribution in [0, 0.1) is 0 Å². The highest BCUT2D eigenvalue weighted by atomic mass is 19.3. The fourth-order valence-electron chi connectivity index (χ4n) is 2.06. The molecule has 0 fully saturated rings. The third-order valence-corrected chi connectivity index (χ3v) is 3.17. The van der Waals surface area contributed by atoms with E-state index in [4.69, 9.17) is 4.84 Å². The summed E-state index contributed by atoms with van der Waals surface area (Å²) in [6, 6.07) is 12.3. The second-order valence-corrected chi connectivity index (χ2v) is 4.56. The highest BCUT2D eigenvalue weighted by Crippen LogP contribution is 2.21. The van der Waals surface area contributed by atoms with Gasteiger partial charge >= 0.3 is 0 Å². The summed E-state index contributed by atoms with van der Waals surface area (Å²) in [5.74, 6) is -0.623. The first-order chi connectivity index (χ1) is 10.6. The molecule has 1 aromatic heterocycles. The maximum Gasteiger partial charge on any atom is 0.281 e. The lowest BCUT2D eigenvalue weighted by molar-refractivity contribution is -0.0944. The fraction of sp³-hybridized carbons (Fsp3) is 0.250. The Labute approximate surface area is 127 Å². The van der Waals surface area contributed by atoms with Crippen molar-refractivity contribution in [2.75, 3.05) is 13.7 Å². The van der Waals surface area contributed by atoms with E-state index in [-0.39, 0.29) is 12.1 Å². The number of amides is 1. The Kier molecular flexibility index (Phi) is 5.55. The lowest BCUT2D eigenvalue weighted by Crippen LogP contribution is -2.32. The number of pyridine rings is 1. The number of hydroxylamine groups is 2. The van der Waals surface area contributed by atoms with Crippen LogP contribution in [0.1, 0.15) is 28.0 Å². The molecule has 0 N–H and O–H groups in total. The van der Waals surface area contributed by atoms with E-state index >= 15 is 0 Å². The zero-order valence-electron chi connectivity index (χ0n) is 12.1. The van der Waals surface area contributed by atoms with Gasteiger partial charge in [0.25, 0.3) is 12.3 Å². The number of hydrogen-bond donors (Lipinski definition) is 0. The number of rotatable bonds is 6. The normalized spacial score (nSPS) is 10.7. The average molecular weight is 306 g/mol. The standard InChI is InChI=1S/C16H16F2N2O2/c1-22-20(11-9-12-6-3-2-4-7-12)16(21)13-8-5-10-19-14(13)15(17)18/h2-8,10,15H,9,11H2,1H3. The Morgan fingerprint density at radius 3 is 2.59 bits per heavy atom. The van der Waals surface area contributed by atoms with Crippen molar-refractivity contribution in [1.82, 2.24) is 10.0 Å². The van der Waals surface area contributed by atoms with E-state index in [1.165, 1.54) is 25.4 Å². The Balaban J connectivity index is 2.12. The van der Waals surface area contributed by atoms with Crippen LogP contribution in [0.15, 0.2) is 48.7 Å². The second kappa shape index (κ2) is 7.61. The van der Waals surface area contributed by atoms with Crippen molar-refractivity contribution in [1.29, 1.82) is 0 Å². The van der Waals surface area contributed by atoms with Crippen LogP contribution in [0.2, 0.25) is 0 Å².